The third kappa shape index (κ3) is 2.91. The molecule has 2 aromatic rings. The second kappa shape index (κ2) is 5.81. The van der Waals surface area contributed by atoms with Crippen molar-refractivity contribution >= 4 is 21.8 Å². The monoisotopic (exact) mass is 364 g/mol. The normalized spacial score (nSPS) is 17.6. The largest absolute Gasteiger partial charge is 0.341 e. The number of aromatic nitrogens is 2. The fraction of sp³-hybridized carbons (Fsp3) is 0.400. The summed E-state index contributed by atoms with van der Waals surface area (Å²) in [5.74, 6) is 0.710. The highest BCUT2D eigenvalue weighted by atomic mass is 79.9. The molecule has 0 bridgehead atoms. The van der Waals surface area contributed by atoms with Crippen molar-refractivity contribution in [3.63, 3.8) is 0 Å². The molecule has 7 heteroatoms. The van der Waals surface area contributed by atoms with Gasteiger partial charge in [-0.25, -0.2) is 0 Å². The molecule has 0 saturated heterocycles. The van der Waals surface area contributed by atoms with E-state index in [1.807, 2.05) is 12.1 Å². The summed E-state index contributed by atoms with van der Waals surface area (Å²) in [5.41, 5.74) is 6.28. The fourth-order valence-corrected chi connectivity index (χ4v) is 2.60. The van der Waals surface area contributed by atoms with Crippen LogP contribution in [0.5, 0.6) is 0 Å². The van der Waals surface area contributed by atoms with Crippen molar-refractivity contribution in [1.29, 1.82) is 0 Å². The van der Waals surface area contributed by atoms with Gasteiger partial charge in [-0.05, 0) is 50.5 Å². The lowest BCUT2D eigenvalue weighted by atomic mass is 9.77. The SMILES string of the molecule is CC(NC(=O)c1ccc(Br)cc1)c1nc(C2(N)CCC2)no1. The first kappa shape index (κ1) is 15.2. The maximum atomic E-state index is 12.2. The number of carbonyl (C=O) groups is 1. The Hall–Kier alpha value is -1.73. The summed E-state index contributed by atoms with van der Waals surface area (Å²) < 4.78 is 6.16. The van der Waals surface area contributed by atoms with Gasteiger partial charge in [-0.1, -0.05) is 21.1 Å². The molecule has 1 amide bonds. The van der Waals surface area contributed by atoms with E-state index in [-0.39, 0.29) is 11.9 Å². The van der Waals surface area contributed by atoms with Crippen LogP contribution >= 0.6 is 15.9 Å². The first-order valence-corrected chi connectivity index (χ1v) is 7.97. The molecule has 1 unspecified atom stereocenters. The van der Waals surface area contributed by atoms with Crippen LogP contribution in [-0.2, 0) is 5.54 Å². The van der Waals surface area contributed by atoms with Crippen LogP contribution in [0.3, 0.4) is 0 Å². The van der Waals surface area contributed by atoms with Gasteiger partial charge in [0.25, 0.3) is 5.91 Å². The van der Waals surface area contributed by atoms with Crippen molar-refractivity contribution in [2.24, 2.45) is 5.73 Å². The lowest BCUT2D eigenvalue weighted by Gasteiger charge is -2.34. The number of carbonyl (C=O) groups excluding carboxylic acids is 1. The first-order chi connectivity index (χ1) is 10.5. The highest BCUT2D eigenvalue weighted by Crippen LogP contribution is 2.37. The molecular weight excluding hydrogens is 348 g/mol. The zero-order valence-corrected chi connectivity index (χ0v) is 13.8. The smallest absolute Gasteiger partial charge is 0.251 e. The maximum Gasteiger partial charge on any atom is 0.251 e. The predicted octanol–water partition coefficient (Wildman–Crippen LogP) is 2.66. The van der Waals surface area contributed by atoms with Crippen molar-refractivity contribution < 1.29 is 9.32 Å². The van der Waals surface area contributed by atoms with Crippen molar-refractivity contribution in [3.05, 3.63) is 46.0 Å². The Morgan fingerprint density at radius 2 is 2.09 bits per heavy atom. The number of benzene rings is 1. The van der Waals surface area contributed by atoms with Gasteiger partial charge in [0.1, 0.15) is 6.04 Å². The molecule has 0 radical (unpaired) electrons. The summed E-state index contributed by atoms with van der Waals surface area (Å²) in [5, 5.41) is 6.80. The van der Waals surface area contributed by atoms with E-state index in [9.17, 15) is 4.79 Å². The van der Waals surface area contributed by atoms with Crippen molar-refractivity contribution in [2.75, 3.05) is 0 Å². The molecule has 0 spiro atoms. The zero-order valence-electron chi connectivity index (χ0n) is 12.2. The van der Waals surface area contributed by atoms with E-state index in [1.54, 1.807) is 19.1 Å². The molecule has 22 heavy (non-hydrogen) atoms. The highest BCUT2D eigenvalue weighted by molar-refractivity contribution is 9.10. The molecule has 1 atom stereocenters. The zero-order chi connectivity index (χ0) is 15.7. The first-order valence-electron chi connectivity index (χ1n) is 7.17. The van der Waals surface area contributed by atoms with Crippen LogP contribution in [0.15, 0.2) is 33.3 Å². The molecule has 3 N–H and O–H groups in total. The molecule has 1 heterocycles. The van der Waals surface area contributed by atoms with Crippen molar-refractivity contribution in [2.45, 2.75) is 37.8 Å². The Kier molecular flexibility index (Phi) is 4.01. The highest BCUT2D eigenvalue weighted by Gasteiger charge is 2.39. The van der Waals surface area contributed by atoms with Crippen molar-refractivity contribution in [3.8, 4) is 0 Å². The molecule has 116 valence electrons. The molecule has 6 nitrogen and oxygen atoms in total. The lowest BCUT2D eigenvalue weighted by molar-refractivity contribution is 0.0932. The summed E-state index contributed by atoms with van der Waals surface area (Å²) in [4.78, 5) is 16.5. The molecular formula is C15H17BrN4O2. The van der Waals surface area contributed by atoms with Gasteiger partial charge in [0.2, 0.25) is 5.89 Å². The van der Waals surface area contributed by atoms with E-state index in [4.69, 9.17) is 10.3 Å². The third-order valence-corrected chi connectivity index (χ3v) is 4.49. The van der Waals surface area contributed by atoms with Gasteiger partial charge in [-0.15, -0.1) is 0 Å². The minimum atomic E-state index is -0.461. The summed E-state index contributed by atoms with van der Waals surface area (Å²) >= 11 is 3.34. The number of nitrogens with one attached hydrogen (secondary N) is 1. The van der Waals surface area contributed by atoms with Gasteiger partial charge in [-0.2, -0.15) is 4.98 Å². The number of nitrogens with zero attached hydrogens (tertiary/aromatic N) is 2. The molecule has 1 aromatic carbocycles. The second-order valence-electron chi connectivity index (χ2n) is 5.67. The topological polar surface area (TPSA) is 94.0 Å². The van der Waals surface area contributed by atoms with Gasteiger partial charge in [0.15, 0.2) is 5.82 Å². The van der Waals surface area contributed by atoms with Crippen LogP contribution in [0.1, 0.15) is 54.3 Å². The summed E-state index contributed by atoms with van der Waals surface area (Å²) in [6.45, 7) is 1.80. The van der Waals surface area contributed by atoms with E-state index in [0.29, 0.717) is 17.3 Å². The molecule has 1 aliphatic rings. The van der Waals surface area contributed by atoms with Gasteiger partial charge >= 0.3 is 0 Å². The van der Waals surface area contributed by atoms with Crippen LogP contribution in [0, 0.1) is 0 Å². The number of nitrogens with two attached hydrogens (primary N) is 1. The van der Waals surface area contributed by atoms with Gasteiger partial charge < -0.3 is 15.6 Å². The van der Waals surface area contributed by atoms with E-state index in [2.05, 4.69) is 31.4 Å². The van der Waals surface area contributed by atoms with E-state index in [0.717, 1.165) is 23.7 Å². The predicted molar refractivity (Wildman–Crippen MR) is 84.0 cm³/mol. The number of hydrogen-bond acceptors (Lipinski definition) is 5. The van der Waals surface area contributed by atoms with E-state index < -0.39 is 5.54 Å². The minimum absolute atomic E-state index is 0.189. The van der Waals surface area contributed by atoms with Crippen molar-refractivity contribution in [1.82, 2.24) is 15.5 Å². The quantitative estimate of drug-likeness (QED) is 0.869. The van der Waals surface area contributed by atoms with Crippen LogP contribution in [0.25, 0.3) is 0 Å². The fourth-order valence-electron chi connectivity index (χ4n) is 2.34. The molecule has 1 aliphatic carbocycles. The average molecular weight is 365 g/mol. The Morgan fingerprint density at radius 1 is 1.41 bits per heavy atom. The molecule has 1 fully saturated rings. The standard InChI is InChI=1S/C15H17BrN4O2/c1-9(18-12(21)10-3-5-11(16)6-4-10)13-19-14(20-22-13)15(17)7-2-8-15/h3-6,9H,2,7-8,17H2,1H3,(H,18,21). The maximum absolute atomic E-state index is 12.2. The summed E-state index contributed by atoms with van der Waals surface area (Å²) in [6, 6.07) is 6.75. The average Bonchev–Trinajstić information content (AvgIpc) is 2.95. The number of hydrogen-bond donors (Lipinski definition) is 2. The Balaban J connectivity index is 1.68. The summed E-state index contributed by atoms with van der Waals surface area (Å²) in [7, 11) is 0. The van der Waals surface area contributed by atoms with Gasteiger partial charge in [0.05, 0.1) is 5.54 Å². The second-order valence-corrected chi connectivity index (χ2v) is 6.58. The number of halogens is 1. The minimum Gasteiger partial charge on any atom is -0.341 e. The van der Waals surface area contributed by atoms with E-state index >= 15 is 0 Å². The van der Waals surface area contributed by atoms with Gasteiger partial charge in [0, 0.05) is 10.0 Å². The number of rotatable bonds is 4. The van der Waals surface area contributed by atoms with Gasteiger partial charge in [-0.3, -0.25) is 4.79 Å². The Labute approximate surface area is 136 Å². The molecule has 0 aliphatic heterocycles. The van der Waals surface area contributed by atoms with E-state index in [1.165, 1.54) is 0 Å². The Morgan fingerprint density at radius 3 is 2.68 bits per heavy atom. The molecule has 1 aromatic heterocycles. The van der Waals surface area contributed by atoms with Crippen LogP contribution in [0.2, 0.25) is 0 Å². The molecule has 1 saturated carbocycles. The van der Waals surface area contributed by atoms with Crippen LogP contribution in [0.4, 0.5) is 0 Å². The third-order valence-electron chi connectivity index (χ3n) is 3.96. The molecule has 3 rings (SSSR count). The Bertz CT molecular complexity index is 679. The van der Waals surface area contributed by atoms with Crippen LogP contribution in [-0.4, -0.2) is 16.0 Å². The summed E-state index contributed by atoms with van der Waals surface area (Å²) in [6.07, 6.45) is 2.81. The van der Waals surface area contributed by atoms with Crippen LogP contribution < -0.4 is 11.1 Å². The number of amides is 1. The lowest BCUT2D eigenvalue weighted by Crippen LogP contribution is -2.44.